The summed E-state index contributed by atoms with van der Waals surface area (Å²) in [5, 5.41) is 0. The van der Waals surface area contributed by atoms with Gasteiger partial charge in [0.25, 0.3) is 0 Å². The maximum absolute atomic E-state index is 10.6. The lowest BCUT2D eigenvalue weighted by molar-refractivity contribution is -0.136. The molecule has 1 atom stereocenters. The van der Waals surface area contributed by atoms with Gasteiger partial charge in [-0.05, 0) is 13.8 Å². The van der Waals surface area contributed by atoms with E-state index < -0.39 is 5.97 Å². The number of hydrogen-bond acceptors (Lipinski definition) is 2. The summed E-state index contributed by atoms with van der Waals surface area (Å²) in [6.45, 7) is 7.51. The standard InChI is InChI=1S/C9H12O2/c1-4-8(3)6-7-9(10)11-5-2/h4,8H,1,5H2,2-3H3. The minimum Gasteiger partial charge on any atom is -0.456 e. The van der Waals surface area contributed by atoms with E-state index in [0.29, 0.717) is 6.61 Å². The fourth-order valence-corrected chi connectivity index (χ4v) is 0.399. The molecule has 60 valence electrons. The monoisotopic (exact) mass is 152 g/mol. The Kier molecular flexibility index (Phi) is 4.93. The zero-order valence-corrected chi connectivity index (χ0v) is 6.89. The molecule has 0 aliphatic carbocycles. The Morgan fingerprint density at radius 3 is 2.91 bits per heavy atom. The van der Waals surface area contributed by atoms with Gasteiger partial charge in [0.2, 0.25) is 0 Å². The fraction of sp³-hybridized carbons (Fsp3) is 0.444. The molecule has 2 heteroatoms. The van der Waals surface area contributed by atoms with Crippen molar-refractivity contribution in [3.05, 3.63) is 12.7 Å². The summed E-state index contributed by atoms with van der Waals surface area (Å²) in [5.74, 6) is 4.60. The number of rotatable bonds is 2. The SMILES string of the molecule is C=CC(C)C#CC(=O)OCC. The van der Waals surface area contributed by atoms with Gasteiger partial charge in [0.05, 0.1) is 6.61 Å². The van der Waals surface area contributed by atoms with E-state index in [4.69, 9.17) is 0 Å². The zero-order valence-electron chi connectivity index (χ0n) is 6.89. The molecule has 0 saturated heterocycles. The molecule has 0 spiro atoms. The molecule has 0 radical (unpaired) electrons. The average Bonchev–Trinajstić information content (AvgIpc) is 2.01. The van der Waals surface area contributed by atoms with Crippen LogP contribution in [0.15, 0.2) is 12.7 Å². The molecule has 0 aliphatic rings. The summed E-state index contributed by atoms with van der Waals surface area (Å²) in [7, 11) is 0. The van der Waals surface area contributed by atoms with Crippen LogP contribution < -0.4 is 0 Å². The van der Waals surface area contributed by atoms with E-state index in [9.17, 15) is 4.79 Å². The summed E-state index contributed by atoms with van der Waals surface area (Å²) in [4.78, 5) is 10.6. The molecule has 0 bridgehead atoms. The first-order valence-corrected chi connectivity index (χ1v) is 3.51. The van der Waals surface area contributed by atoms with Crippen molar-refractivity contribution in [3.63, 3.8) is 0 Å². The minimum atomic E-state index is -0.471. The molecular weight excluding hydrogens is 140 g/mol. The molecule has 0 aromatic heterocycles. The predicted octanol–water partition coefficient (Wildman–Crippen LogP) is 1.38. The van der Waals surface area contributed by atoms with Crippen molar-refractivity contribution in [2.24, 2.45) is 5.92 Å². The number of allylic oxidation sites excluding steroid dienone is 1. The molecular formula is C9H12O2. The molecule has 0 aromatic rings. The first-order chi connectivity index (χ1) is 5.20. The quantitative estimate of drug-likeness (QED) is 0.258. The Morgan fingerprint density at radius 1 is 1.82 bits per heavy atom. The molecule has 0 aliphatic heterocycles. The van der Waals surface area contributed by atoms with E-state index in [0.717, 1.165) is 0 Å². The number of carbonyl (C=O) groups excluding carboxylic acids is 1. The van der Waals surface area contributed by atoms with Crippen LogP contribution in [0.3, 0.4) is 0 Å². The normalized spacial score (nSPS) is 10.7. The molecule has 1 unspecified atom stereocenters. The van der Waals surface area contributed by atoms with Gasteiger partial charge in [0.15, 0.2) is 0 Å². The van der Waals surface area contributed by atoms with Crippen molar-refractivity contribution in [2.45, 2.75) is 13.8 Å². The maximum atomic E-state index is 10.6. The fourth-order valence-electron chi connectivity index (χ4n) is 0.399. The van der Waals surface area contributed by atoms with Crippen molar-refractivity contribution < 1.29 is 9.53 Å². The second-order valence-corrected chi connectivity index (χ2v) is 2.01. The Labute approximate surface area is 67.2 Å². The topological polar surface area (TPSA) is 26.3 Å². The lowest BCUT2D eigenvalue weighted by Crippen LogP contribution is -2.00. The van der Waals surface area contributed by atoms with Gasteiger partial charge < -0.3 is 4.74 Å². The second-order valence-electron chi connectivity index (χ2n) is 2.01. The van der Waals surface area contributed by atoms with Crippen molar-refractivity contribution in [3.8, 4) is 11.8 Å². The molecule has 2 nitrogen and oxygen atoms in total. The Balaban J connectivity index is 3.86. The minimum absolute atomic E-state index is 0.0411. The number of carbonyl (C=O) groups is 1. The molecule has 0 saturated carbocycles. The number of esters is 1. The van der Waals surface area contributed by atoms with Crippen molar-refractivity contribution in [2.75, 3.05) is 6.61 Å². The second kappa shape index (κ2) is 5.55. The van der Waals surface area contributed by atoms with Gasteiger partial charge in [-0.15, -0.1) is 6.58 Å². The first-order valence-electron chi connectivity index (χ1n) is 3.51. The highest BCUT2D eigenvalue weighted by molar-refractivity contribution is 5.88. The third-order valence-electron chi connectivity index (χ3n) is 1.03. The molecule has 0 aromatic carbocycles. The van der Waals surface area contributed by atoms with Crippen LogP contribution in [0.2, 0.25) is 0 Å². The van der Waals surface area contributed by atoms with Gasteiger partial charge in [0, 0.05) is 11.8 Å². The predicted molar refractivity (Wildman–Crippen MR) is 43.8 cm³/mol. The summed E-state index contributed by atoms with van der Waals surface area (Å²) in [6, 6.07) is 0. The highest BCUT2D eigenvalue weighted by Crippen LogP contribution is 1.90. The van der Waals surface area contributed by atoms with Gasteiger partial charge in [-0.2, -0.15) is 0 Å². The summed E-state index contributed by atoms with van der Waals surface area (Å²) >= 11 is 0. The molecule has 0 rings (SSSR count). The first kappa shape index (κ1) is 9.77. The molecule has 0 fully saturated rings. The third kappa shape index (κ3) is 5.23. The van der Waals surface area contributed by atoms with Crippen LogP contribution in [-0.2, 0) is 9.53 Å². The van der Waals surface area contributed by atoms with Crippen LogP contribution in [0.25, 0.3) is 0 Å². The van der Waals surface area contributed by atoms with Gasteiger partial charge in [0.1, 0.15) is 0 Å². The Hall–Kier alpha value is -1.23. The van der Waals surface area contributed by atoms with Crippen LogP contribution in [0.5, 0.6) is 0 Å². The maximum Gasteiger partial charge on any atom is 0.384 e. The van der Waals surface area contributed by atoms with E-state index in [1.54, 1.807) is 13.0 Å². The molecule has 0 heterocycles. The van der Waals surface area contributed by atoms with Gasteiger partial charge in [-0.3, -0.25) is 0 Å². The van der Waals surface area contributed by atoms with Crippen molar-refractivity contribution in [1.82, 2.24) is 0 Å². The van der Waals surface area contributed by atoms with E-state index in [1.807, 2.05) is 6.92 Å². The smallest absolute Gasteiger partial charge is 0.384 e. The summed E-state index contributed by atoms with van der Waals surface area (Å²) < 4.78 is 4.59. The van der Waals surface area contributed by atoms with E-state index in [1.165, 1.54) is 0 Å². The van der Waals surface area contributed by atoms with Crippen LogP contribution >= 0.6 is 0 Å². The lowest BCUT2D eigenvalue weighted by atomic mass is 10.2. The molecule has 0 N–H and O–H groups in total. The average molecular weight is 152 g/mol. The molecule has 11 heavy (non-hydrogen) atoms. The van der Waals surface area contributed by atoms with Crippen LogP contribution in [0.1, 0.15) is 13.8 Å². The van der Waals surface area contributed by atoms with Gasteiger partial charge in [-0.25, -0.2) is 4.79 Å². The number of hydrogen-bond donors (Lipinski definition) is 0. The van der Waals surface area contributed by atoms with E-state index in [2.05, 4.69) is 23.2 Å². The van der Waals surface area contributed by atoms with Gasteiger partial charge >= 0.3 is 5.97 Å². The molecule has 0 amide bonds. The summed E-state index contributed by atoms with van der Waals surface area (Å²) in [5.41, 5.74) is 0. The van der Waals surface area contributed by atoms with E-state index in [-0.39, 0.29) is 5.92 Å². The van der Waals surface area contributed by atoms with Crippen molar-refractivity contribution >= 4 is 5.97 Å². The van der Waals surface area contributed by atoms with Crippen LogP contribution in [0, 0.1) is 17.8 Å². The van der Waals surface area contributed by atoms with Gasteiger partial charge in [-0.1, -0.05) is 12.0 Å². The van der Waals surface area contributed by atoms with Crippen LogP contribution in [-0.4, -0.2) is 12.6 Å². The highest BCUT2D eigenvalue weighted by atomic mass is 16.5. The van der Waals surface area contributed by atoms with Crippen molar-refractivity contribution in [1.29, 1.82) is 0 Å². The van der Waals surface area contributed by atoms with Crippen LogP contribution in [0.4, 0.5) is 0 Å². The Bertz CT molecular complexity index is 195. The van der Waals surface area contributed by atoms with E-state index >= 15 is 0 Å². The number of ether oxygens (including phenoxy) is 1. The third-order valence-corrected chi connectivity index (χ3v) is 1.03. The highest BCUT2D eigenvalue weighted by Gasteiger charge is 1.92. The lowest BCUT2D eigenvalue weighted by Gasteiger charge is -1.92. The Morgan fingerprint density at radius 2 is 2.45 bits per heavy atom. The largest absolute Gasteiger partial charge is 0.456 e. The summed E-state index contributed by atoms with van der Waals surface area (Å²) in [6.07, 6.45) is 1.67. The zero-order chi connectivity index (χ0) is 8.69.